The van der Waals surface area contributed by atoms with Crippen molar-refractivity contribution in [3.05, 3.63) is 108 Å². The van der Waals surface area contributed by atoms with Crippen molar-refractivity contribution in [3.8, 4) is 0 Å². The molecule has 1 saturated heterocycles. The fourth-order valence-corrected chi connectivity index (χ4v) is 6.37. The molecule has 4 N–H and O–H groups in total. The second-order valence-corrected chi connectivity index (χ2v) is 13.3. The van der Waals surface area contributed by atoms with Gasteiger partial charge >= 0.3 is 63.8 Å². The number of carboxylic acid groups (broad SMARTS) is 4. The summed E-state index contributed by atoms with van der Waals surface area (Å²) < 4.78 is 17.6. The standard InChI is InChI=1S/C40H52N4O11.Gd/c45-37(46)24-41-16-18-42(34(38(47)48)28-53-25-31-10-4-1-5-11-31)20-22-44(36(40(51)52)30-55-27-33-14-8-3-9-15-33)23-21-43(19-17-41)35(39(49)50)29-54-26-32-12-6-2-7-13-32;/h1-15,34-36H,16-30H2,(H,45,46)(H,47,48)(H,49,50)(H,51,52);/q;+3. The quantitative estimate of drug-likeness (QED) is 0.129. The number of carboxylic acids is 4. The largest absolute Gasteiger partial charge is 3.00 e. The van der Waals surface area contributed by atoms with Gasteiger partial charge in [-0.25, -0.2) is 0 Å². The van der Waals surface area contributed by atoms with Crippen LogP contribution in [-0.2, 0) is 53.2 Å². The van der Waals surface area contributed by atoms with E-state index in [9.17, 15) is 39.6 Å². The molecule has 0 bridgehead atoms. The van der Waals surface area contributed by atoms with Crippen LogP contribution in [0, 0.1) is 39.9 Å². The first-order chi connectivity index (χ1) is 26.6. The molecule has 3 aromatic rings. The molecule has 1 radical (unpaired) electrons. The van der Waals surface area contributed by atoms with E-state index < -0.39 is 42.0 Å². The summed E-state index contributed by atoms with van der Waals surface area (Å²) in [6.45, 7) is 0.592. The maximum atomic E-state index is 12.8. The third kappa shape index (κ3) is 16.6. The Kier molecular flexibility index (Phi) is 21.6. The van der Waals surface area contributed by atoms with Crippen molar-refractivity contribution >= 4 is 23.9 Å². The van der Waals surface area contributed by atoms with E-state index in [1.807, 2.05) is 91.0 Å². The molecular weight excluding hydrogens is 870 g/mol. The molecule has 15 nitrogen and oxygen atoms in total. The van der Waals surface area contributed by atoms with Crippen molar-refractivity contribution < 1.29 is 93.8 Å². The van der Waals surface area contributed by atoms with Gasteiger partial charge in [0, 0.05) is 52.4 Å². The van der Waals surface area contributed by atoms with Crippen LogP contribution < -0.4 is 0 Å². The van der Waals surface area contributed by atoms with E-state index in [0.717, 1.165) is 16.7 Å². The average Bonchev–Trinajstić information content (AvgIpc) is 3.16. The zero-order chi connectivity index (χ0) is 39.4. The summed E-state index contributed by atoms with van der Waals surface area (Å²) in [5, 5.41) is 41.0. The second kappa shape index (κ2) is 25.8. The molecular formula is C40H52GdN4O11+3. The van der Waals surface area contributed by atoms with Crippen LogP contribution in [0.4, 0.5) is 0 Å². The number of hydrogen-bond acceptors (Lipinski definition) is 11. The monoisotopic (exact) mass is 922 g/mol. The Hall–Kier alpha value is -3.42. The van der Waals surface area contributed by atoms with Gasteiger partial charge in [0.15, 0.2) is 0 Å². The summed E-state index contributed by atoms with van der Waals surface area (Å²) in [6.07, 6.45) is 0. The molecule has 4 rings (SSSR count). The van der Waals surface area contributed by atoms with Crippen LogP contribution in [0.3, 0.4) is 0 Å². The van der Waals surface area contributed by atoms with Gasteiger partial charge in [-0.15, -0.1) is 0 Å². The molecule has 0 saturated carbocycles. The number of rotatable bonds is 20. The summed E-state index contributed by atoms with van der Waals surface area (Å²) in [7, 11) is 0. The van der Waals surface area contributed by atoms with Gasteiger partial charge in [0.2, 0.25) is 0 Å². The first kappa shape index (κ1) is 47.0. The molecule has 0 amide bonds. The fraction of sp³-hybridized carbons (Fsp3) is 0.450. The van der Waals surface area contributed by atoms with Gasteiger partial charge in [-0.1, -0.05) is 91.0 Å². The zero-order valence-electron chi connectivity index (χ0n) is 31.3. The first-order valence-electron chi connectivity index (χ1n) is 18.3. The van der Waals surface area contributed by atoms with Gasteiger partial charge in [-0.2, -0.15) is 0 Å². The zero-order valence-corrected chi connectivity index (χ0v) is 33.6. The number of carbonyl (C=O) groups is 4. The third-order valence-corrected chi connectivity index (χ3v) is 9.45. The van der Waals surface area contributed by atoms with E-state index in [1.165, 1.54) is 0 Å². The summed E-state index contributed by atoms with van der Waals surface area (Å²) in [5.41, 5.74) is 2.60. The SMILES string of the molecule is O=C(O)CN1CCN(C(COCc2ccccc2)C(=O)O)CCN(C(COCc2ccccc2)C(=O)O)CCN(C(COCc2ccccc2)C(=O)O)CC1.[Gd+3]. The molecule has 56 heavy (non-hydrogen) atoms. The Morgan fingerprint density at radius 2 is 0.732 bits per heavy atom. The average molecular weight is 922 g/mol. The number of ether oxygens (including phenoxy) is 3. The van der Waals surface area contributed by atoms with Crippen LogP contribution in [0.15, 0.2) is 91.0 Å². The predicted molar refractivity (Wildman–Crippen MR) is 201 cm³/mol. The number of nitrogens with zero attached hydrogens (tertiary/aromatic N) is 4. The van der Waals surface area contributed by atoms with Crippen molar-refractivity contribution in [1.29, 1.82) is 0 Å². The Balaban J connectivity index is 0.00000841. The minimum Gasteiger partial charge on any atom is -0.480 e. The molecule has 1 aliphatic heterocycles. The van der Waals surface area contributed by atoms with Crippen molar-refractivity contribution in [2.75, 3.05) is 78.7 Å². The minimum absolute atomic E-state index is 0. The Bertz CT molecular complexity index is 1530. The predicted octanol–water partition coefficient (Wildman–Crippen LogP) is 2.30. The Morgan fingerprint density at radius 1 is 0.464 bits per heavy atom. The molecule has 0 spiro atoms. The molecule has 16 heteroatoms. The van der Waals surface area contributed by atoms with Crippen LogP contribution >= 0.6 is 0 Å². The molecule has 3 aromatic carbocycles. The van der Waals surface area contributed by atoms with Gasteiger partial charge in [0.1, 0.15) is 18.1 Å². The summed E-state index contributed by atoms with van der Waals surface area (Å²) in [4.78, 5) is 56.8. The van der Waals surface area contributed by atoms with Gasteiger partial charge in [0.25, 0.3) is 0 Å². The maximum absolute atomic E-state index is 12.8. The smallest absolute Gasteiger partial charge is 0.480 e. The number of aliphatic carboxylic acids is 4. The second-order valence-electron chi connectivity index (χ2n) is 13.3. The van der Waals surface area contributed by atoms with E-state index in [4.69, 9.17) is 14.2 Å². The summed E-state index contributed by atoms with van der Waals surface area (Å²) in [5.74, 6) is -4.50. The normalized spacial score (nSPS) is 17.0. The van der Waals surface area contributed by atoms with Crippen LogP contribution in [0.2, 0.25) is 0 Å². The molecule has 0 aromatic heterocycles. The van der Waals surface area contributed by atoms with Crippen LogP contribution in [0.25, 0.3) is 0 Å². The molecule has 303 valence electrons. The summed E-state index contributed by atoms with van der Waals surface area (Å²) in [6, 6.07) is 24.6. The van der Waals surface area contributed by atoms with Gasteiger partial charge in [0.05, 0.1) is 46.2 Å². The van der Waals surface area contributed by atoms with E-state index in [0.29, 0.717) is 0 Å². The van der Waals surface area contributed by atoms with Crippen LogP contribution in [0.5, 0.6) is 0 Å². The van der Waals surface area contributed by atoms with E-state index in [-0.39, 0.29) is 138 Å². The summed E-state index contributed by atoms with van der Waals surface area (Å²) >= 11 is 0. The molecule has 1 heterocycles. The molecule has 3 atom stereocenters. The van der Waals surface area contributed by atoms with Crippen molar-refractivity contribution in [1.82, 2.24) is 19.6 Å². The Morgan fingerprint density at radius 3 is 0.982 bits per heavy atom. The van der Waals surface area contributed by atoms with Gasteiger partial charge in [-0.3, -0.25) is 38.8 Å². The molecule has 0 aliphatic carbocycles. The molecule has 3 unspecified atom stereocenters. The van der Waals surface area contributed by atoms with Crippen molar-refractivity contribution in [2.45, 2.75) is 37.9 Å². The third-order valence-electron chi connectivity index (χ3n) is 9.45. The first-order valence-corrected chi connectivity index (χ1v) is 18.3. The topological polar surface area (TPSA) is 190 Å². The van der Waals surface area contributed by atoms with Crippen molar-refractivity contribution in [2.24, 2.45) is 0 Å². The number of hydrogen-bond donors (Lipinski definition) is 4. The fourth-order valence-electron chi connectivity index (χ4n) is 6.37. The Labute approximate surface area is 359 Å². The van der Waals surface area contributed by atoms with Crippen LogP contribution in [-0.4, -0.2) is 161 Å². The van der Waals surface area contributed by atoms with E-state index in [2.05, 4.69) is 0 Å². The van der Waals surface area contributed by atoms with Crippen LogP contribution in [0.1, 0.15) is 16.7 Å². The van der Waals surface area contributed by atoms with Gasteiger partial charge < -0.3 is 34.6 Å². The molecule has 1 fully saturated rings. The minimum atomic E-state index is -1.15. The van der Waals surface area contributed by atoms with E-state index >= 15 is 0 Å². The van der Waals surface area contributed by atoms with Gasteiger partial charge in [-0.05, 0) is 16.7 Å². The maximum Gasteiger partial charge on any atom is 3.00 e. The molecule has 1 aliphatic rings. The van der Waals surface area contributed by atoms with Crippen molar-refractivity contribution in [3.63, 3.8) is 0 Å². The van der Waals surface area contributed by atoms with E-state index in [1.54, 1.807) is 19.6 Å². The number of benzene rings is 3.